The Morgan fingerprint density at radius 2 is 1.81 bits per heavy atom. The Hall–Kier alpha value is -1.00. The summed E-state index contributed by atoms with van der Waals surface area (Å²) in [6, 6.07) is 8.20. The van der Waals surface area contributed by atoms with Crippen LogP contribution in [0.5, 0.6) is 0 Å². The predicted octanol–water partition coefficient (Wildman–Crippen LogP) is 4.19. The molecule has 0 spiro atoms. The Bertz CT molecular complexity index is 573. The number of aromatic nitrogens is 2. The molecule has 1 N–H and O–H groups in total. The molecule has 82 valence electrons. The Kier molecular flexibility index (Phi) is 3.21. The first-order valence-electron chi connectivity index (χ1n) is 4.91. The zero-order valence-corrected chi connectivity index (χ0v) is 11.4. The van der Waals surface area contributed by atoms with Crippen molar-refractivity contribution >= 4 is 28.1 Å². The molecule has 0 unspecified atom stereocenters. The van der Waals surface area contributed by atoms with Gasteiger partial charge in [0.1, 0.15) is 10.5 Å². The van der Waals surface area contributed by atoms with Crippen LogP contribution in [0.1, 0.15) is 11.3 Å². The van der Waals surface area contributed by atoms with Crippen molar-refractivity contribution in [1.29, 1.82) is 0 Å². The number of halogens is 1. The van der Waals surface area contributed by atoms with Crippen molar-refractivity contribution in [1.82, 2.24) is 9.97 Å². The molecule has 1 aromatic carbocycles. The van der Waals surface area contributed by atoms with Gasteiger partial charge in [-0.25, -0.2) is 4.98 Å². The van der Waals surface area contributed by atoms with Gasteiger partial charge in [0.25, 0.3) is 0 Å². The standard InChI is InChI=1S/C12H11BrN2S/c1-7-3-5-9(6-4-7)11-14-8(2)10(13)12(16)15-11/h3-6H,1-2H3,(H,14,15,16). The third-order valence-corrected chi connectivity index (χ3v) is 3.89. The van der Waals surface area contributed by atoms with Crippen LogP contribution in [0.3, 0.4) is 0 Å². The summed E-state index contributed by atoms with van der Waals surface area (Å²) in [6.45, 7) is 4.03. The van der Waals surface area contributed by atoms with E-state index in [-0.39, 0.29) is 0 Å². The van der Waals surface area contributed by atoms with Gasteiger partial charge in [-0.15, -0.1) is 0 Å². The van der Waals surface area contributed by atoms with Crippen LogP contribution >= 0.6 is 28.1 Å². The fraction of sp³-hybridized carbons (Fsp3) is 0.167. The summed E-state index contributed by atoms with van der Waals surface area (Å²) in [5.41, 5.74) is 3.28. The minimum absolute atomic E-state index is 0.590. The molecule has 0 aliphatic heterocycles. The van der Waals surface area contributed by atoms with E-state index in [4.69, 9.17) is 12.2 Å². The average Bonchev–Trinajstić information content (AvgIpc) is 2.26. The van der Waals surface area contributed by atoms with Crippen molar-refractivity contribution in [3.63, 3.8) is 0 Å². The van der Waals surface area contributed by atoms with Gasteiger partial charge in [-0.2, -0.15) is 0 Å². The van der Waals surface area contributed by atoms with Gasteiger partial charge in [0.15, 0.2) is 0 Å². The lowest BCUT2D eigenvalue weighted by atomic mass is 10.1. The topological polar surface area (TPSA) is 28.7 Å². The molecule has 0 radical (unpaired) electrons. The van der Waals surface area contributed by atoms with E-state index in [1.54, 1.807) is 0 Å². The van der Waals surface area contributed by atoms with E-state index >= 15 is 0 Å². The number of benzene rings is 1. The van der Waals surface area contributed by atoms with Gasteiger partial charge in [0, 0.05) is 11.3 Å². The van der Waals surface area contributed by atoms with Gasteiger partial charge in [-0.05, 0) is 29.8 Å². The van der Waals surface area contributed by atoms with Gasteiger partial charge in [0.05, 0.1) is 4.47 Å². The first-order valence-corrected chi connectivity index (χ1v) is 6.11. The number of aromatic amines is 1. The SMILES string of the molecule is Cc1ccc(-c2nc(=S)c(Br)c(C)[nH]2)cc1. The van der Waals surface area contributed by atoms with Crippen molar-refractivity contribution in [2.24, 2.45) is 0 Å². The third-order valence-electron chi connectivity index (χ3n) is 2.36. The maximum atomic E-state index is 5.18. The molecule has 4 heteroatoms. The van der Waals surface area contributed by atoms with Crippen molar-refractivity contribution in [3.05, 3.63) is 44.6 Å². The number of rotatable bonds is 1. The highest BCUT2D eigenvalue weighted by Gasteiger charge is 2.04. The second-order valence-electron chi connectivity index (χ2n) is 3.70. The maximum absolute atomic E-state index is 5.18. The molecule has 2 nitrogen and oxygen atoms in total. The Labute approximate surface area is 108 Å². The molecule has 2 rings (SSSR count). The summed E-state index contributed by atoms with van der Waals surface area (Å²) in [7, 11) is 0. The molecule has 0 atom stereocenters. The number of nitrogens with one attached hydrogen (secondary N) is 1. The number of hydrogen-bond donors (Lipinski definition) is 1. The van der Waals surface area contributed by atoms with Gasteiger partial charge in [0.2, 0.25) is 0 Å². The highest BCUT2D eigenvalue weighted by atomic mass is 79.9. The van der Waals surface area contributed by atoms with Crippen LogP contribution in [-0.2, 0) is 0 Å². The molecule has 0 fully saturated rings. The first-order chi connectivity index (χ1) is 7.58. The number of aryl methyl sites for hydroxylation is 2. The summed E-state index contributed by atoms with van der Waals surface area (Å²) < 4.78 is 1.45. The average molecular weight is 295 g/mol. The van der Waals surface area contributed by atoms with E-state index in [0.29, 0.717) is 4.64 Å². The zero-order chi connectivity index (χ0) is 11.7. The molecule has 0 saturated heterocycles. The minimum atomic E-state index is 0.590. The highest BCUT2D eigenvalue weighted by Crippen LogP contribution is 2.20. The second kappa shape index (κ2) is 4.47. The molecule has 1 heterocycles. The lowest BCUT2D eigenvalue weighted by molar-refractivity contribution is 1.08. The Balaban J connectivity index is 2.57. The fourth-order valence-corrected chi connectivity index (χ4v) is 1.85. The first kappa shape index (κ1) is 11.5. The van der Waals surface area contributed by atoms with Crippen LogP contribution in [0.25, 0.3) is 11.4 Å². The summed E-state index contributed by atoms with van der Waals surface area (Å²) in [5, 5.41) is 0. The van der Waals surface area contributed by atoms with E-state index in [0.717, 1.165) is 21.6 Å². The van der Waals surface area contributed by atoms with Gasteiger partial charge in [-0.1, -0.05) is 42.0 Å². The Morgan fingerprint density at radius 1 is 1.19 bits per heavy atom. The molecule has 0 saturated carbocycles. The summed E-state index contributed by atoms with van der Waals surface area (Å²) >= 11 is 8.58. The van der Waals surface area contributed by atoms with Gasteiger partial charge >= 0.3 is 0 Å². The molecule has 2 aromatic rings. The molecule has 0 bridgehead atoms. The molecular formula is C12H11BrN2S. The van der Waals surface area contributed by atoms with E-state index in [1.165, 1.54) is 5.56 Å². The molecule has 0 amide bonds. The molecule has 16 heavy (non-hydrogen) atoms. The number of hydrogen-bond acceptors (Lipinski definition) is 2. The largest absolute Gasteiger partial charge is 0.342 e. The van der Waals surface area contributed by atoms with Crippen LogP contribution in [0.15, 0.2) is 28.7 Å². The molecule has 0 aliphatic rings. The van der Waals surface area contributed by atoms with Crippen LogP contribution in [0.2, 0.25) is 0 Å². The van der Waals surface area contributed by atoms with Crippen LogP contribution in [0, 0.1) is 18.5 Å². The van der Waals surface area contributed by atoms with E-state index in [1.807, 2.05) is 19.1 Å². The van der Waals surface area contributed by atoms with Crippen LogP contribution in [0.4, 0.5) is 0 Å². The predicted molar refractivity (Wildman–Crippen MR) is 72.0 cm³/mol. The third kappa shape index (κ3) is 2.23. The maximum Gasteiger partial charge on any atom is 0.144 e. The molecule has 1 aromatic heterocycles. The Morgan fingerprint density at radius 3 is 2.38 bits per heavy atom. The van der Waals surface area contributed by atoms with E-state index in [2.05, 4.69) is 45.0 Å². The van der Waals surface area contributed by atoms with Crippen molar-refractivity contribution < 1.29 is 0 Å². The second-order valence-corrected chi connectivity index (χ2v) is 4.88. The molecule has 0 aliphatic carbocycles. The summed E-state index contributed by atoms with van der Waals surface area (Å²) in [5.74, 6) is 0.811. The monoisotopic (exact) mass is 294 g/mol. The smallest absolute Gasteiger partial charge is 0.144 e. The van der Waals surface area contributed by atoms with E-state index in [9.17, 15) is 0 Å². The van der Waals surface area contributed by atoms with Crippen LogP contribution < -0.4 is 0 Å². The molecular weight excluding hydrogens is 284 g/mol. The number of H-pyrrole nitrogens is 1. The number of nitrogens with zero attached hydrogens (tertiary/aromatic N) is 1. The lowest BCUT2D eigenvalue weighted by Gasteiger charge is -2.05. The summed E-state index contributed by atoms with van der Waals surface area (Å²) in [4.78, 5) is 7.57. The van der Waals surface area contributed by atoms with Crippen molar-refractivity contribution in [2.45, 2.75) is 13.8 Å². The van der Waals surface area contributed by atoms with Crippen molar-refractivity contribution in [2.75, 3.05) is 0 Å². The van der Waals surface area contributed by atoms with Crippen molar-refractivity contribution in [3.8, 4) is 11.4 Å². The van der Waals surface area contributed by atoms with Gasteiger partial charge < -0.3 is 4.98 Å². The normalized spacial score (nSPS) is 10.4. The van der Waals surface area contributed by atoms with E-state index < -0.39 is 0 Å². The highest BCUT2D eigenvalue weighted by molar-refractivity contribution is 9.10. The van der Waals surface area contributed by atoms with Crippen LogP contribution in [-0.4, -0.2) is 9.97 Å². The fourth-order valence-electron chi connectivity index (χ4n) is 1.42. The summed E-state index contributed by atoms with van der Waals surface area (Å²) in [6.07, 6.45) is 0. The zero-order valence-electron chi connectivity index (χ0n) is 9.04. The minimum Gasteiger partial charge on any atom is -0.342 e. The quantitative estimate of drug-likeness (QED) is 0.799. The van der Waals surface area contributed by atoms with Gasteiger partial charge in [-0.3, -0.25) is 0 Å². The lowest BCUT2D eigenvalue weighted by Crippen LogP contribution is -1.94.